The van der Waals surface area contributed by atoms with Crippen molar-refractivity contribution >= 4 is 12.4 Å². The Kier molecular flexibility index (Phi) is 4.22. The lowest BCUT2D eigenvalue weighted by Crippen LogP contribution is -2.26. The number of hydrogen-bond acceptors (Lipinski definition) is 1. The highest BCUT2D eigenvalue weighted by molar-refractivity contribution is 5.85. The maximum atomic E-state index is 12.5. The molecule has 0 aromatic rings. The average Bonchev–Trinajstić information content (AvgIpc) is 2.14. The summed E-state index contributed by atoms with van der Waals surface area (Å²) < 4.78 is 12.5. The second-order valence-electron chi connectivity index (χ2n) is 3.09. The zero-order valence-corrected chi connectivity index (χ0v) is 7.25. The van der Waals surface area contributed by atoms with Crippen molar-refractivity contribution < 1.29 is 4.39 Å². The van der Waals surface area contributed by atoms with E-state index in [1.54, 1.807) is 0 Å². The average molecular weight is 168 g/mol. The minimum absolute atomic E-state index is 0. The van der Waals surface area contributed by atoms with Crippen LogP contribution in [-0.2, 0) is 0 Å². The highest BCUT2D eigenvalue weighted by Gasteiger charge is 2.25. The lowest BCUT2D eigenvalue weighted by Gasteiger charge is -2.12. The molecule has 1 saturated heterocycles. The minimum Gasteiger partial charge on any atom is -0.311 e. The van der Waals surface area contributed by atoms with Crippen molar-refractivity contribution in [3.63, 3.8) is 0 Å². The third-order valence-corrected chi connectivity index (χ3v) is 1.92. The number of halogens is 2. The minimum atomic E-state index is -0.600. The van der Waals surface area contributed by atoms with Gasteiger partial charge in [-0.25, -0.2) is 4.39 Å². The monoisotopic (exact) mass is 167 g/mol. The quantitative estimate of drug-likeness (QED) is 0.628. The summed E-state index contributed by atoms with van der Waals surface area (Å²) in [7, 11) is 0. The van der Waals surface area contributed by atoms with Gasteiger partial charge in [-0.15, -0.1) is 12.4 Å². The topological polar surface area (TPSA) is 12.0 Å². The van der Waals surface area contributed by atoms with Crippen LogP contribution in [0.5, 0.6) is 0 Å². The fourth-order valence-corrected chi connectivity index (χ4v) is 1.23. The van der Waals surface area contributed by atoms with Gasteiger partial charge in [-0.2, -0.15) is 0 Å². The van der Waals surface area contributed by atoms with Gasteiger partial charge in [0.05, 0.1) is 0 Å². The van der Waals surface area contributed by atoms with Crippen molar-refractivity contribution in [3.8, 4) is 0 Å². The SMILES string of the molecule is CC(C)C1CC(F)CN1.Cl. The van der Waals surface area contributed by atoms with Crippen LogP contribution in [0.15, 0.2) is 0 Å². The molecule has 0 aliphatic carbocycles. The lowest BCUT2D eigenvalue weighted by molar-refractivity contribution is 0.344. The highest BCUT2D eigenvalue weighted by atomic mass is 35.5. The van der Waals surface area contributed by atoms with E-state index in [1.165, 1.54) is 0 Å². The first-order valence-corrected chi connectivity index (χ1v) is 3.57. The molecule has 0 radical (unpaired) electrons. The molecule has 1 aliphatic rings. The van der Waals surface area contributed by atoms with Crippen molar-refractivity contribution in [2.45, 2.75) is 32.5 Å². The summed E-state index contributed by atoms with van der Waals surface area (Å²) in [6.45, 7) is 4.80. The van der Waals surface area contributed by atoms with Gasteiger partial charge >= 0.3 is 0 Å². The van der Waals surface area contributed by atoms with Crippen LogP contribution in [0.2, 0.25) is 0 Å². The van der Waals surface area contributed by atoms with Crippen molar-refractivity contribution in [1.82, 2.24) is 5.32 Å². The molecule has 0 spiro atoms. The van der Waals surface area contributed by atoms with Gasteiger partial charge in [-0.3, -0.25) is 0 Å². The molecule has 0 bridgehead atoms. The van der Waals surface area contributed by atoms with Crippen LogP contribution in [0.25, 0.3) is 0 Å². The van der Waals surface area contributed by atoms with Gasteiger partial charge in [0.1, 0.15) is 6.17 Å². The Morgan fingerprint density at radius 3 is 2.30 bits per heavy atom. The molecular weight excluding hydrogens is 153 g/mol. The van der Waals surface area contributed by atoms with Crippen molar-refractivity contribution in [2.24, 2.45) is 5.92 Å². The van der Waals surface area contributed by atoms with Crippen LogP contribution in [0.4, 0.5) is 4.39 Å². The van der Waals surface area contributed by atoms with Crippen molar-refractivity contribution in [3.05, 3.63) is 0 Å². The largest absolute Gasteiger partial charge is 0.311 e. The Labute approximate surface area is 67.8 Å². The van der Waals surface area contributed by atoms with E-state index < -0.39 is 6.17 Å². The van der Waals surface area contributed by atoms with Crippen LogP contribution in [-0.4, -0.2) is 18.8 Å². The zero-order chi connectivity index (χ0) is 6.85. The maximum absolute atomic E-state index is 12.5. The van der Waals surface area contributed by atoms with Crippen LogP contribution in [0.3, 0.4) is 0 Å². The first kappa shape index (κ1) is 10.2. The molecule has 1 aliphatic heterocycles. The summed E-state index contributed by atoms with van der Waals surface area (Å²) in [4.78, 5) is 0. The number of rotatable bonds is 1. The molecule has 62 valence electrons. The van der Waals surface area contributed by atoms with E-state index in [4.69, 9.17) is 0 Å². The van der Waals surface area contributed by atoms with Gasteiger partial charge in [-0.05, 0) is 12.3 Å². The standard InChI is InChI=1S/C7H14FN.ClH/c1-5(2)7-3-6(8)4-9-7;/h5-7,9H,3-4H2,1-2H3;1H. The fraction of sp³-hybridized carbons (Fsp3) is 1.00. The fourth-order valence-electron chi connectivity index (χ4n) is 1.23. The number of nitrogens with one attached hydrogen (secondary N) is 1. The molecular formula is C7H15ClFN. The molecule has 0 aromatic carbocycles. The first-order valence-electron chi connectivity index (χ1n) is 3.57. The van der Waals surface area contributed by atoms with Gasteiger partial charge in [0.15, 0.2) is 0 Å². The molecule has 1 rings (SSSR count). The molecule has 1 N–H and O–H groups in total. The van der Waals surface area contributed by atoms with E-state index in [1.807, 2.05) is 0 Å². The van der Waals surface area contributed by atoms with Gasteiger partial charge in [0, 0.05) is 12.6 Å². The predicted molar refractivity (Wildman–Crippen MR) is 43.4 cm³/mol. The predicted octanol–water partition coefficient (Wildman–Crippen LogP) is 1.76. The molecule has 0 saturated carbocycles. The van der Waals surface area contributed by atoms with E-state index in [9.17, 15) is 4.39 Å². The van der Waals surface area contributed by atoms with E-state index in [0.717, 1.165) is 0 Å². The van der Waals surface area contributed by atoms with Gasteiger partial charge in [0.25, 0.3) is 0 Å². The first-order chi connectivity index (χ1) is 4.20. The highest BCUT2D eigenvalue weighted by Crippen LogP contribution is 2.16. The van der Waals surface area contributed by atoms with E-state index in [0.29, 0.717) is 24.9 Å². The smallest absolute Gasteiger partial charge is 0.114 e. The number of alkyl halides is 1. The lowest BCUT2D eigenvalue weighted by atomic mass is 10.0. The molecule has 1 heterocycles. The van der Waals surface area contributed by atoms with Crippen LogP contribution >= 0.6 is 12.4 Å². The normalized spacial score (nSPS) is 32.4. The van der Waals surface area contributed by atoms with Gasteiger partial charge in [0.2, 0.25) is 0 Å². The molecule has 1 nitrogen and oxygen atoms in total. The van der Waals surface area contributed by atoms with Crippen LogP contribution < -0.4 is 5.32 Å². The van der Waals surface area contributed by atoms with Crippen molar-refractivity contribution in [1.29, 1.82) is 0 Å². The zero-order valence-electron chi connectivity index (χ0n) is 6.43. The summed E-state index contributed by atoms with van der Waals surface area (Å²) in [5.74, 6) is 0.575. The Hall–Kier alpha value is 0.180. The van der Waals surface area contributed by atoms with E-state index in [2.05, 4.69) is 19.2 Å². The molecule has 2 atom stereocenters. The molecule has 0 aromatic heterocycles. The third kappa shape index (κ3) is 2.43. The van der Waals surface area contributed by atoms with E-state index >= 15 is 0 Å². The summed E-state index contributed by atoms with van der Waals surface area (Å²) >= 11 is 0. The number of hydrogen-bond donors (Lipinski definition) is 1. The second kappa shape index (κ2) is 4.14. The van der Waals surface area contributed by atoms with Crippen LogP contribution in [0, 0.1) is 5.92 Å². The molecule has 2 unspecified atom stereocenters. The van der Waals surface area contributed by atoms with Gasteiger partial charge in [-0.1, -0.05) is 13.8 Å². The third-order valence-electron chi connectivity index (χ3n) is 1.92. The summed E-state index contributed by atoms with van der Waals surface area (Å²) in [6, 6.07) is 0.417. The Morgan fingerprint density at radius 1 is 1.50 bits per heavy atom. The Balaban J connectivity index is 0.000000810. The summed E-state index contributed by atoms with van der Waals surface area (Å²) in [5, 5.41) is 3.13. The Morgan fingerprint density at radius 2 is 2.10 bits per heavy atom. The maximum Gasteiger partial charge on any atom is 0.114 e. The molecule has 3 heteroatoms. The molecule has 0 amide bonds. The van der Waals surface area contributed by atoms with E-state index in [-0.39, 0.29) is 12.4 Å². The van der Waals surface area contributed by atoms with Gasteiger partial charge < -0.3 is 5.32 Å². The second-order valence-corrected chi connectivity index (χ2v) is 3.09. The Bertz CT molecular complexity index is 97.6. The van der Waals surface area contributed by atoms with Crippen molar-refractivity contribution in [2.75, 3.05) is 6.54 Å². The van der Waals surface area contributed by atoms with Crippen LogP contribution in [0.1, 0.15) is 20.3 Å². The summed E-state index contributed by atoms with van der Waals surface area (Å²) in [5.41, 5.74) is 0. The molecule has 10 heavy (non-hydrogen) atoms. The molecule has 1 fully saturated rings. The summed E-state index contributed by atoms with van der Waals surface area (Å²) in [6.07, 6.45) is 0.106.